The van der Waals surface area contributed by atoms with E-state index in [1.165, 1.54) is 18.7 Å². The number of rotatable bonds is 4. The molecular weight excluding hydrogens is 457 g/mol. The zero-order chi connectivity index (χ0) is 18.7. The van der Waals surface area contributed by atoms with Gasteiger partial charge >= 0.3 is 0 Å². The van der Waals surface area contributed by atoms with Gasteiger partial charge in [0.25, 0.3) is 0 Å². The van der Waals surface area contributed by atoms with Crippen molar-refractivity contribution in [2.75, 3.05) is 33.2 Å². The molecular formula is C18H32IN7O. The minimum Gasteiger partial charge on any atom is -0.368 e. The summed E-state index contributed by atoms with van der Waals surface area (Å²) in [5.74, 6) is 1.80. The van der Waals surface area contributed by atoms with Crippen molar-refractivity contribution in [2.24, 2.45) is 10.7 Å². The monoisotopic (exact) mass is 489 g/mol. The Kier molecular flexibility index (Phi) is 7.49. The number of nitrogens with one attached hydrogen (secondary N) is 1. The van der Waals surface area contributed by atoms with E-state index in [-0.39, 0.29) is 29.9 Å². The first-order valence-corrected chi connectivity index (χ1v) is 9.47. The fourth-order valence-corrected chi connectivity index (χ4v) is 3.69. The number of amides is 1. The average Bonchev–Trinajstić information content (AvgIpc) is 3.05. The van der Waals surface area contributed by atoms with Crippen molar-refractivity contribution >= 4 is 35.8 Å². The van der Waals surface area contributed by atoms with Gasteiger partial charge in [-0.15, -0.1) is 24.0 Å². The van der Waals surface area contributed by atoms with Crippen LogP contribution in [0.25, 0.3) is 0 Å². The molecule has 1 fully saturated rings. The first kappa shape index (κ1) is 21.9. The van der Waals surface area contributed by atoms with Crippen LogP contribution in [0.3, 0.4) is 0 Å². The van der Waals surface area contributed by atoms with Crippen molar-refractivity contribution < 1.29 is 4.79 Å². The number of fused-ring (bicyclic) bond motifs is 1. The molecule has 1 aromatic heterocycles. The zero-order valence-corrected chi connectivity index (χ0v) is 18.9. The molecule has 3 N–H and O–H groups in total. The lowest BCUT2D eigenvalue weighted by atomic mass is 10.0. The van der Waals surface area contributed by atoms with Gasteiger partial charge in [0.15, 0.2) is 5.96 Å². The molecule has 152 valence electrons. The van der Waals surface area contributed by atoms with Gasteiger partial charge in [0.1, 0.15) is 5.82 Å². The number of primary amides is 1. The number of nitrogens with zero attached hydrogens (tertiary/aromatic N) is 5. The summed E-state index contributed by atoms with van der Waals surface area (Å²) in [5, 5.41) is 3.43. The van der Waals surface area contributed by atoms with Crippen LogP contribution in [0, 0.1) is 0 Å². The molecule has 1 amide bonds. The zero-order valence-electron chi connectivity index (χ0n) is 16.6. The summed E-state index contributed by atoms with van der Waals surface area (Å²) in [7, 11) is 1.81. The summed E-state index contributed by atoms with van der Waals surface area (Å²) < 4.78 is 2.27. The first-order chi connectivity index (χ1) is 12.4. The second kappa shape index (κ2) is 9.22. The maximum absolute atomic E-state index is 11.7. The van der Waals surface area contributed by atoms with Crippen LogP contribution in [0.4, 0.5) is 0 Å². The molecule has 0 unspecified atom stereocenters. The third-order valence-corrected chi connectivity index (χ3v) is 5.57. The minimum absolute atomic E-state index is 0. The average molecular weight is 489 g/mol. The molecule has 0 aromatic carbocycles. The van der Waals surface area contributed by atoms with Crippen molar-refractivity contribution in [1.82, 2.24) is 24.7 Å². The van der Waals surface area contributed by atoms with E-state index >= 15 is 0 Å². The molecule has 3 heterocycles. The van der Waals surface area contributed by atoms with Crippen molar-refractivity contribution in [1.29, 1.82) is 0 Å². The molecule has 0 spiro atoms. The second-order valence-corrected chi connectivity index (χ2v) is 7.60. The molecule has 0 saturated carbocycles. The van der Waals surface area contributed by atoms with Crippen LogP contribution in [0.1, 0.15) is 38.2 Å². The standard InChI is InChI=1S/C18H31N7O.HI/c1-18(2,16(19)26)25-10-8-23(9-11-25)17(20-3)21-12-14-13-24-7-5-4-6-15(24)22-14;/h13H,4-12H2,1-3H3,(H2,19,26)(H,20,21);1H. The van der Waals surface area contributed by atoms with Crippen molar-refractivity contribution in [2.45, 2.75) is 51.7 Å². The molecule has 0 aliphatic carbocycles. The Labute approximate surface area is 178 Å². The van der Waals surface area contributed by atoms with Gasteiger partial charge in [0, 0.05) is 52.4 Å². The number of hydrogen-bond donors (Lipinski definition) is 2. The highest BCUT2D eigenvalue weighted by Crippen LogP contribution is 2.17. The number of nitrogens with two attached hydrogens (primary N) is 1. The number of carbonyl (C=O) groups is 1. The number of aliphatic imine (C=N–C) groups is 1. The van der Waals surface area contributed by atoms with E-state index in [1.54, 1.807) is 7.05 Å². The first-order valence-electron chi connectivity index (χ1n) is 9.47. The number of aryl methyl sites for hydroxylation is 2. The molecule has 9 heteroatoms. The summed E-state index contributed by atoms with van der Waals surface area (Å²) in [4.78, 5) is 25.2. The van der Waals surface area contributed by atoms with Gasteiger partial charge in [0.05, 0.1) is 17.8 Å². The Morgan fingerprint density at radius 2 is 1.96 bits per heavy atom. The lowest BCUT2D eigenvalue weighted by Gasteiger charge is -2.43. The van der Waals surface area contributed by atoms with Crippen molar-refractivity contribution in [3.05, 3.63) is 17.7 Å². The Morgan fingerprint density at radius 3 is 2.56 bits per heavy atom. The van der Waals surface area contributed by atoms with Crippen LogP contribution >= 0.6 is 24.0 Å². The highest BCUT2D eigenvalue weighted by molar-refractivity contribution is 14.0. The number of carbonyl (C=O) groups excluding carboxylic acids is 1. The summed E-state index contributed by atoms with van der Waals surface area (Å²) in [6, 6.07) is 0. The van der Waals surface area contributed by atoms with E-state index in [0.29, 0.717) is 6.54 Å². The number of imidazole rings is 1. The van der Waals surface area contributed by atoms with Gasteiger partial charge < -0.3 is 20.5 Å². The van der Waals surface area contributed by atoms with Crippen molar-refractivity contribution in [3.8, 4) is 0 Å². The maximum Gasteiger partial charge on any atom is 0.237 e. The normalized spacial score (nSPS) is 18.6. The number of aromatic nitrogens is 2. The Balaban J connectivity index is 0.00000261. The molecule has 8 nitrogen and oxygen atoms in total. The lowest BCUT2D eigenvalue weighted by molar-refractivity contribution is -0.129. The highest BCUT2D eigenvalue weighted by Gasteiger charge is 2.35. The number of halogens is 1. The molecule has 0 atom stereocenters. The Morgan fingerprint density at radius 1 is 1.26 bits per heavy atom. The summed E-state index contributed by atoms with van der Waals surface area (Å²) in [6.45, 7) is 8.74. The number of guanidine groups is 1. The fourth-order valence-electron chi connectivity index (χ4n) is 3.69. The molecule has 0 bridgehead atoms. The van der Waals surface area contributed by atoms with E-state index in [0.717, 1.165) is 50.8 Å². The van der Waals surface area contributed by atoms with Gasteiger partial charge in [-0.3, -0.25) is 14.7 Å². The van der Waals surface area contributed by atoms with Crippen molar-refractivity contribution in [3.63, 3.8) is 0 Å². The van der Waals surface area contributed by atoms with E-state index in [2.05, 4.69) is 30.9 Å². The topological polar surface area (TPSA) is 91.8 Å². The van der Waals surface area contributed by atoms with Gasteiger partial charge in [0.2, 0.25) is 5.91 Å². The smallest absolute Gasteiger partial charge is 0.237 e. The van der Waals surface area contributed by atoms with E-state index < -0.39 is 5.54 Å². The van der Waals surface area contributed by atoms with Gasteiger partial charge in [-0.1, -0.05) is 0 Å². The molecule has 1 aromatic rings. The Hall–Kier alpha value is -1.36. The lowest BCUT2D eigenvalue weighted by Crippen LogP contribution is -2.61. The van der Waals surface area contributed by atoms with Crippen LogP contribution in [0.5, 0.6) is 0 Å². The predicted octanol–water partition coefficient (Wildman–Crippen LogP) is 0.794. The molecule has 2 aliphatic rings. The molecule has 1 saturated heterocycles. The molecule has 0 radical (unpaired) electrons. The van der Waals surface area contributed by atoms with Gasteiger partial charge in [-0.05, 0) is 26.7 Å². The summed E-state index contributed by atoms with van der Waals surface area (Å²) >= 11 is 0. The van der Waals surface area contributed by atoms with Gasteiger partial charge in [-0.2, -0.15) is 0 Å². The molecule has 3 rings (SSSR count). The summed E-state index contributed by atoms with van der Waals surface area (Å²) in [6.07, 6.45) is 5.70. The third-order valence-electron chi connectivity index (χ3n) is 5.57. The Bertz CT molecular complexity index is 654. The fraction of sp³-hybridized carbons (Fsp3) is 0.722. The van der Waals surface area contributed by atoms with Crippen LogP contribution in [0.2, 0.25) is 0 Å². The maximum atomic E-state index is 11.7. The predicted molar refractivity (Wildman–Crippen MR) is 117 cm³/mol. The van der Waals surface area contributed by atoms with Crippen LogP contribution in [-0.4, -0.2) is 70.0 Å². The van der Waals surface area contributed by atoms with Crippen LogP contribution in [0.15, 0.2) is 11.2 Å². The largest absolute Gasteiger partial charge is 0.368 e. The van der Waals surface area contributed by atoms with E-state index in [9.17, 15) is 4.79 Å². The third kappa shape index (κ3) is 4.92. The highest BCUT2D eigenvalue weighted by atomic mass is 127. The van der Waals surface area contributed by atoms with E-state index in [4.69, 9.17) is 10.7 Å². The van der Waals surface area contributed by atoms with E-state index in [1.807, 2.05) is 13.8 Å². The molecule has 2 aliphatic heterocycles. The number of piperazine rings is 1. The van der Waals surface area contributed by atoms with Gasteiger partial charge in [-0.25, -0.2) is 4.98 Å². The minimum atomic E-state index is -0.613. The summed E-state index contributed by atoms with van der Waals surface area (Å²) in [5.41, 5.74) is 5.99. The quantitative estimate of drug-likeness (QED) is 0.371. The van der Waals surface area contributed by atoms with Crippen LogP contribution < -0.4 is 11.1 Å². The second-order valence-electron chi connectivity index (χ2n) is 7.60. The number of hydrogen-bond acceptors (Lipinski definition) is 4. The molecule has 27 heavy (non-hydrogen) atoms. The SMILES string of the molecule is CN=C(NCc1cn2c(n1)CCCC2)N1CCN(C(C)(C)C(N)=O)CC1.I. The van der Waals surface area contributed by atoms with Crippen LogP contribution in [-0.2, 0) is 24.3 Å².